The van der Waals surface area contributed by atoms with Gasteiger partial charge in [-0.05, 0) is 58.8 Å². The van der Waals surface area contributed by atoms with Crippen molar-refractivity contribution in [1.29, 1.82) is 0 Å². The summed E-state index contributed by atoms with van der Waals surface area (Å²) in [5, 5.41) is 12.0. The van der Waals surface area contributed by atoms with Crippen LogP contribution in [-0.4, -0.2) is 20.2 Å². The van der Waals surface area contributed by atoms with Crippen molar-refractivity contribution >= 4 is 21.6 Å². The summed E-state index contributed by atoms with van der Waals surface area (Å²) in [5.74, 6) is 0.716. The molecular formula is C15H14BrN5. The van der Waals surface area contributed by atoms with Crippen LogP contribution in [0.3, 0.4) is 0 Å². The molecule has 0 aliphatic rings. The minimum Gasteiger partial charge on any atom is -0.399 e. The lowest BCUT2D eigenvalue weighted by molar-refractivity contribution is 0.653. The highest BCUT2D eigenvalue weighted by Gasteiger charge is 2.10. The van der Waals surface area contributed by atoms with Gasteiger partial charge >= 0.3 is 0 Å². The zero-order chi connectivity index (χ0) is 14.8. The summed E-state index contributed by atoms with van der Waals surface area (Å²) >= 11 is 3.43. The van der Waals surface area contributed by atoms with Crippen LogP contribution in [0.1, 0.15) is 11.1 Å². The second kappa shape index (κ2) is 5.65. The number of hydrogen-bond donors (Lipinski definition) is 1. The molecule has 0 aliphatic carbocycles. The normalized spacial score (nSPS) is 10.8. The summed E-state index contributed by atoms with van der Waals surface area (Å²) in [6.45, 7) is 2.62. The highest BCUT2D eigenvalue weighted by molar-refractivity contribution is 9.10. The summed E-state index contributed by atoms with van der Waals surface area (Å²) in [4.78, 5) is 0. The Hall–Kier alpha value is -2.21. The van der Waals surface area contributed by atoms with Gasteiger partial charge in [0.25, 0.3) is 0 Å². The molecule has 1 aromatic heterocycles. The van der Waals surface area contributed by atoms with Gasteiger partial charge in [-0.25, -0.2) is 4.68 Å². The van der Waals surface area contributed by atoms with Crippen LogP contribution >= 0.6 is 15.9 Å². The molecule has 5 nitrogen and oxygen atoms in total. The Morgan fingerprint density at radius 3 is 2.62 bits per heavy atom. The van der Waals surface area contributed by atoms with E-state index in [9.17, 15) is 0 Å². The number of aryl methyl sites for hydroxylation is 1. The first-order chi connectivity index (χ1) is 10.1. The number of halogens is 1. The maximum absolute atomic E-state index is 5.90. The van der Waals surface area contributed by atoms with Crippen LogP contribution in [0.15, 0.2) is 46.9 Å². The van der Waals surface area contributed by atoms with Gasteiger partial charge in [0.15, 0.2) is 5.82 Å². The zero-order valence-corrected chi connectivity index (χ0v) is 13.1. The van der Waals surface area contributed by atoms with Gasteiger partial charge in [0.1, 0.15) is 0 Å². The van der Waals surface area contributed by atoms with E-state index in [1.807, 2.05) is 49.4 Å². The molecule has 2 N–H and O–H groups in total. The molecule has 3 aromatic rings. The molecular weight excluding hydrogens is 330 g/mol. The number of benzene rings is 2. The number of tetrazole rings is 1. The Morgan fingerprint density at radius 1 is 1.14 bits per heavy atom. The fraction of sp³-hybridized carbons (Fsp3) is 0.133. The molecule has 0 aliphatic heterocycles. The third-order valence-corrected chi connectivity index (χ3v) is 3.66. The first-order valence-electron chi connectivity index (χ1n) is 6.50. The fourth-order valence-corrected chi connectivity index (χ4v) is 2.49. The van der Waals surface area contributed by atoms with Crippen LogP contribution in [0, 0.1) is 6.92 Å². The number of nitrogens with zero attached hydrogens (tertiary/aromatic N) is 4. The van der Waals surface area contributed by atoms with E-state index in [1.165, 1.54) is 0 Å². The van der Waals surface area contributed by atoms with Crippen molar-refractivity contribution in [2.24, 2.45) is 0 Å². The topological polar surface area (TPSA) is 69.6 Å². The van der Waals surface area contributed by atoms with Crippen LogP contribution < -0.4 is 5.73 Å². The van der Waals surface area contributed by atoms with E-state index in [0.29, 0.717) is 18.1 Å². The highest BCUT2D eigenvalue weighted by atomic mass is 79.9. The Bertz CT molecular complexity index is 744. The first-order valence-corrected chi connectivity index (χ1v) is 7.29. The SMILES string of the molecule is Cc1cc(N)cc(-c2nnnn2Cc2ccc(Br)cc2)c1. The monoisotopic (exact) mass is 343 g/mol. The Morgan fingerprint density at radius 2 is 1.90 bits per heavy atom. The molecule has 0 spiro atoms. The summed E-state index contributed by atoms with van der Waals surface area (Å²) in [6.07, 6.45) is 0. The standard InChI is InChI=1S/C15H14BrN5/c1-10-6-12(8-14(17)7-10)15-18-19-20-21(15)9-11-2-4-13(16)5-3-11/h2-8H,9,17H2,1H3. The number of rotatable bonds is 3. The smallest absolute Gasteiger partial charge is 0.182 e. The van der Waals surface area contributed by atoms with Crippen LogP contribution in [0.2, 0.25) is 0 Å². The molecule has 6 heteroatoms. The van der Waals surface area contributed by atoms with Crippen molar-refractivity contribution in [2.75, 3.05) is 5.73 Å². The predicted octanol–water partition coefficient (Wildman–Crippen LogP) is 3.04. The van der Waals surface area contributed by atoms with Gasteiger partial charge in [0.2, 0.25) is 0 Å². The third-order valence-electron chi connectivity index (χ3n) is 3.14. The first kappa shape index (κ1) is 13.8. The molecule has 0 fully saturated rings. The van der Waals surface area contributed by atoms with Crippen molar-refractivity contribution in [3.63, 3.8) is 0 Å². The third kappa shape index (κ3) is 3.11. The van der Waals surface area contributed by atoms with E-state index < -0.39 is 0 Å². The van der Waals surface area contributed by atoms with E-state index in [4.69, 9.17) is 5.73 Å². The molecule has 0 atom stereocenters. The van der Waals surface area contributed by atoms with E-state index in [2.05, 4.69) is 31.5 Å². The van der Waals surface area contributed by atoms with E-state index in [0.717, 1.165) is 21.2 Å². The van der Waals surface area contributed by atoms with E-state index in [-0.39, 0.29) is 0 Å². The molecule has 1 heterocycles. The summed E-state index contributed by atoms with van der Waals surface area (Å²) < 4.78 is 2.83. The molecule has 0 saturated carbocycles. The van der Waals surface area contributed by atoms with Crippen LogP contribution in [0.5, 0.6) is 0 Å². The molecule has 0 unspecified atom stereocenters. The second-order valence-electron chi connectivity index (χ2n) is 4.92. The van der Waals surface area contributed by atoms with Crippen molar-refractivity contribution in [3.05, 3.63) is 58.1 Å². The van der Waals surface area contributed by atoms with Gasteiger partial charge in [-0.15, -0.1) is 5.10 Å². The van der Waals surface area contributed by atoms with Crippen molar-refractivity contribution in [1.82, 2.24) is 20.2 Å². The fourth-order valence-electron chi connectivity index (χ4n) is 2.22. The van der Waals surface area contributed by atoms with Crippen molar-refractivity contribution in [3.8, 4) is 11.4 Å². The van der Waals surface area contributed by atoms with Gasteiger partial charge in [0.05, 0.1) is 6.54 Å². The highest BCUT2D eigenvalue weighted by Crippen LogP contribution is 2.21. The maximum Gasteiger partial charge on any atom is 0.182 e. The van der Waals surface area contributed by atoms with Crippen LogP contribution in [0.25, 0.3) is 11.4 Å². The number of aromatic nitrogens is 4. The summed E-state index contributed by atoms with van der Waals surface area (Å²) in [7, 11) is 0. The molecule has 0 saturated heterocycles. The largest absolute Gasteiger partial charge is 0.399 e. The van der Waals surface area contributed by atoms with Gasteiger partial charge in [-0.1, -0.05) is 28.1 Å². The molecule has 0 amide bonds. The summed E-state index contributed by atoms with van der Waals surface area (Å²) in [6, 6.07) is 13.9. The quantitative estimate of drug-likeness (QED) is 0.742. The van der Waals surface area contributed by atoms with Gasteiger partial charge in [0, 0.05) is 15.7 Å². The minimum absolute atomic E-state index is 0.615. The predicted molar refractivity (Wildman–Crippen MR) is 85.6 cm³/mol. The molecule has 0 bridgehead atoms. The number of nitrogens with two attached hydrogens (primary N) is 1. The second-order valence-corrected chi connectivity index (χ2v) is 5.83. The number of nitrogen functional groups attached to an aromatic ring is 1. The lowest BCUT2D eigenvalue weighted by Gasteiger charge is -2.07. The molecule has 2 aromatic carbocycles. The Kier molecular flexibility index (Phi) is 3.70. The molecule has 0 radical (unpaired) electrons. The lowest BCUT2D eigenvalue weighted by atomic mass is 10.1. The molecule has 3 rings (SSSR count). The molecule has 106 valence electrons. The minimum atomic E-state index is 0.615. The average molecular weight is 344 g/mol. The average Bonchev–Trinajstić information content (AvgIpc) is 2.88. The van der Waals surface area contributed by atoms with Gasteiger partial charge < -0.3 is 5.73 Å². The van der Waals surface area contributed by atoms with Crippen molar-refractivity contribution in [2.45, 2.75) is 13.5 Å². The maximum atomic E-state index is 5.90. The Labute approximate surface area is 130 Å². The van der Waals surface area contributed by atoms with Gasteiger partial charge in [-0.2, -0.15) is 0 Å². The van der Waals surface area contributed by atoms with E-state index in [1.54, 1.807) is 4.68 Å². The van der Waals surface area contributed by atoms with Crippen LogP contribution in [0.4, 0.5) is 5.69 Å². The van der Waals surface area contributed by atoms with Crippen molar-refractivity contribution < 1.29 is 0 Å². The van der Waals surface area contributed by atoms with E-state index >= 15 is 0 Å². The number of hydrogen-bond acceptors (Lipinski definition) is 4. The van der Waals surface area contributed by atoms with Crippen LogP contribution in [-0.2, 0) is 6.54 Å². The van der Waals surface area contributed by atoms with Gasteiger partial charge in [-0.3, -0.25) is 0 Å². The Balaban J connectivity index is 1.95. The summed E-state index contributed by atoms with van der Waals surface area (Å²) in [5.41, 5.74) is 9.76. The lowest BCUT2D eigenvalue weighted by Crippen LogP contribution is -2.04. The molecule has 21 heavy (non-hydrogen) atoms. The zero-order valence-electron chi connectivity index (χ0n) is 11.5. The number of anilines is 1.